The Kier molecular flexibility index (Phi) is 6.47. The fourth-order valence-corrected chi connectivity index (χ4v) is 2.42. The molecule has 0 aliphatic heterocycles. The zero-order chi connectivity index (χ0) is 23.3. The molecule has 0 aliphatic carbocycles. The van der Waals surface area contributed by atoms with E-state index in [9.17, 15) is 28.2 Å². The number of nitrogens with one attached hydrogen (secondary N) is 2. The van der Waals surface area contributed by atoms with Crippen LogP contribution in [0.4, 0.5) is 30.8 Å². The first-order valence-electron chi connectivity index (χ1n) is 8.90. The van der Waals surface area contributed by atoms with Crippen LogP contribution >= 0.6 is 0 Å². The molecule has 0 atom stereocenters. The molecule has 10 nitrogen and oxygen atoms in total. The fraction of sp³-hybridized carbons (Fsp3) is 0.158. The number of carboxylic acid groups (broad SMARTS) is 1. The van der Waals surface area contributed by atoms with Gasteiger partial charge in [-0.15, -0.1) is 0 Å². The number of aromatic carboxylic acids is 1. The first-order chi connectivity index (χ1) is 15.1. The number of hydrogen-bond donors (Lipinski definition) is 5. The molecule has 32 heavy (non-hydrogen) atoms. The van der Waals surface area contributed by atoms with Crippen LogP contribution < -0.4 is 15.4 Å². The lowest BCUT2D eigenvalue weighted by Gasteiger charge is -2.12. The van der Waals surface area contributed by atoms with E-state index in [-0.39, 0.29) is 35.4 Å². The van der Waals surface area contributed by atoms with Crippen molar-refractivity contribution in [3.05, 3.63) is 53.6 Å². The predicted molar refractivity (Wildman–Crippen MR) is 105 cm³/mol. The van der Waals surface area contributed by atoms with Gasteiger partial charge in [-0.25, -0.2) is 4.79 Å². The Labute approximate surface area is 178 Å². The molecular weight excluding hydrogens is 435 g/mol. The lowest BCUT2D eigenvalue weighted by atomic mass is 10.2. The van der Waals surface area contributed by atoms with Gasteiger partial charge in [0.05, 0.1) is 0 Å². The summed E-state index contributed by atoms with van der Waals surface area (Å²) >= 11 is 0. The van der Waals surface area contributed by atoms with Crippen molar-refractivity contribution < 1.29 is 38.0 Å². The average molecular weight is 451 g/mol. The summed E-state index contributed by atoms with van der Waals surface area (Å²) in [6, 6.07) is 9.09. The number of alkyl halides is 3. The van der Waals surface area contributed by atoms with Crippen molar-refractivity contribution in [1.82, 2.24) is 15.0 Å². The molecule has 0 fully saturated rings. The van der Waals surface area contributed by atoms with Crippen LogP contribution in [-0.4, -0.2) is 49.0 Å². The average Bonchev–Trinajstić information content (AvgIpc) is 2.71. The van der Waals surface area contributed by atoms with Crippen LogP contribution in [0.2, 0.25) is 0 Å². The van der Waals surface area contributed by atoms with Crippen molar-refractivity contribution in [1.29, 1.82) is 0 Å². The van der Waals surface area contributed by atoms with E-state index < -0.39 is 30.5 Å². The van der Waals surface area contributed by atoms with Crippen molar-refractivity contribution >= 4 is 23.6 Å². The number of benzene rings is 2. The van der Waals surface area contributed by atoms with Crippen molar-refractivity contribution in [2.24, 2.45) is 0 Å². The van der Waals surface area contributed by atoms with E-state index in [4.69, 9.17) is 5.11 Å². The number of hydrogen-bond acceptors (Lipinski definition) is 9. The third-order valence-corrected chi connectivity index (χ3v) is 3.85. The molecule has 0 saturated heterocycles. The van der Waals surface area contributed by atoms with Crippen molar-refractivity contribution in [2.45, 2.75) is 12.7 Å². The zero-order valence-electron chi connectivity index (χ0n) is 16.1. The number of aromatic nitrogens is 3. The number of carbonyl (C=O) groups is 1. The van der Waals surface area contributed by atoms with E-state index in [1.165, 1.54) is 18.2 Å². The van der Waals surface area contributed by atoms with Gasteiger partial charge in [0.2, 0.25) is 11.9 Å². The highest BCUT2D eigenvalue weighted by Gasteiger charge is 2.29. The number of aromatic hydroxyl groups is 2. The van der Waals surface area contributed by atoms with Gasteiger partial charge in [0.25, 0.3) is 0 Å². The van der Waals surface area contributed by atoms with Crippen LogP contribution in [0.1, 0.15) is 15.9 Å². The van der Waals surface area contributed by atoms with E-state index in [0.717, 1.165) is 17.7 Å². The summed E-state index contributed by atoms with van der Waals surface area (Å²) in [5.41, 5.74) is 0.561. The second-order valence-corrected chi connectivity index (χ2v) is 6.35. The van der Waals surface area contributed by atoms with Crippen molar-refractivity contribution in [2.75, 3.05) is 17.2 Å². The van der Waals surface area contributed by atoms with E-state index in [1.54, 1.807) is 12.1 Å². The second kappa shape index (κ2) is 9.24. The number of phenolic OH excluding ortho intramolecular Hbond substituents is 1. The molecule has 0 spiro atoms. The van der Waals surface area contributed by atoms with Gasteiger partial charge in [-0.2, -0.15) is 28.1 Å². The number of ether oxygens (including phenoxy) is 1. The molecule has 0 aliphatic rings. The molecule has 13 heteroatoms. The number of halogens is 3. The Morgan fingerprint density at radius 3 is 2.31 bits per heavy atom. The second-order valence-electron chi connectivity index (χ2n) is 6.35. The van der Waals surface area contributed by atoms with Crippen molar-refractivity contribution in [3.8, 4) is 17.5 Å². The van der Waals surface area contributed by atoms with Crippen LogP contribution in [-0.2, 0) is 6.54 Å². The molecule has 0 bridgehead atoms. The SMILES string of the molecule is O=C(O)c1ccc(Nc2nc(NCc3ccc(O)cc3)nc(OCC(F)(F)F)n2)cc1O. The van der Waals surface area contributed by atoms with Crippen LogP contribution in [0.3, 0.4) is 0 Å². The summed E-state index contributed by atoms with van der Waals surface area (Å²) in [4.78, 5) is 22.6. The highest BCUT2D eigenvalue weighted by Crippen LogP contribution is 2.25. The molecule has 0 amide bonds. The third kappa shape index (κ3) is 6.35. The summed E-state index contributed by atoms with van der Waals surface area (Å²) in [7, 11) is 0. The Bertz CT molecular complexity index is 1110. The van der Waals surface area contributed by atoms with Gasteiger partial charge in [0.15, 0.2) is 6.61 Å². The summed E-state index contributed by atoms with van der Waals surface area (Å²) in [6.07, 6.45) is -4.61. The lowest BCUT2D eigenvalue weighted by molar-refractivity contribution is -0.154. The van der Waals surface area contributed by atoms with Crippen LogP contribution in [0.5, 0.6) is 17.5 Å². The maximum absolute atomic E-state index is 12.5. The maximum Gasteiger partial charge on any atom is 0.422 e. The van der Waals surface area contributed by atoms with E-state index in [2.05, 4.69) is 30.3 Å². The molecular formula is C19H16F3N5O5. The Balaban J connectivity index is 1.83. The molecule has 5 N–H and O–H groups in total. The zero-order valence-corrected chi connectivity index (χ0v) is 16.1. The highest BCUT2D eigenvalue weighted by molar-refractivity contribution is 5.91. The minimum absolute atomic E-state index is 0.0698. The molecule has 0 saturated carbocycles. The van der Waals surface area contributed by atoms with Crippen LogP contribution in [0.25, 0.3) is 0 Å². The largest absolute Gasteiger partial charge is 0.508 e. The van der Waals surface area contributed by atoms with E-state index in [1.807, 2.05) is 0 Å². The van der Waals surface area contributed by atoms with Crippen LogP contribution in [0.15, 0.2) is 42.5 Å². The highest BCUT2D eigenvalue weighted by atomic mass is 19.4. The van der Waals surface area contributed by atoms with E-state index in [0.29, 0.717) is 0 Å². The third-order valence-electron chi connectivity index (χ3n) is 3.85. The van der Waals surface area contributed by atoms with Gasteiger partial charge in [-0.05, 0) is 29.8 Å². The van der Waals surface area contributed by atoms with Gasteiger partial charge < -0.3 is 30.7 Å². The van der Waals surface area contributed by atoms with Gasteiger partial charge >= 0.3 is 18.2 Å². The molecule has 0 radical (unpaired) electrons. The monoisotopic (exact) mass is 451 g/mol. The minimum Gasteiger partial charge on any atom is -0.508 e. The van der Waals surface area contributed by atoms with Crippen molar-refractivity contribution in [3.63, 3.8) is 0 Å². The molecule has 3 rings (SSSR count). The van der Waals surface area contributed by atoms with Gasteiger partial charge in [-0.1, -0.05) is 12.1 Å². The first-order valence-corrected chi connectivity index (χ1v) is 8.90. The molecule has 1 heterocycles. The van der Waals surface area contributed by atoms with Crippen LogP contribution in [0, 0.1) is 0 Å². The van der Waals surface area contributed by atoms with Gasteiger partial charge in [0.1, 0.15) is 17.1 Å². The molecule has 0 unspecified atom stereocenters. The Morgan fingerprint density at radius 1 is 1.00 bits per heavy atom. The molecule has 3 aromatic rings. The molecule has 2 aromatic carbocycles. The lowest BCUT2D eigenvalue weighted by Crippen LogP contribution is -2.21. The fourth-order valence-electron chi connectivity index (χ4n) is 2.42. The number of carboxylic acids is 1. The summed E-state index contributed by atoms with van der Waals surface area (Å²) in [5.74, 6) is -2.12. The molecule has 1 aromatic heterocycles. The Morgan fingerprint density at radius 2 is 1.69 bits per heavy atom. The minimum atomic E-state index is -4.61. The molecule has 168 valence electrons. The summed E-state index contributed by atoms with van der Waals surface area (Å²) < 4.78 is 42.1. The number of nitrogens with zero attached hydrogens (tertiary/aromatic N) is 3. The maximum atomic E-state index is 12.5. The smallest absolute Gasteiger partial charge is 0.422 e. The van der Waals surface area contributed by atoms with Gasteiger partial charge in [-0.3, -0.25) is 0 Å². The number of anilines is 3. The normalized spacial score (nSPS) is 11.1. The summed E-state index contributed by atoms with van der Waals surface area (Å²) in [6.45, 7) is -1.45. The van der Waals surface area contributed by atoms with E-state index >= 15 is 0 Å². The summed E-state index contributed by atoms with van der Waals surface area (Å²) in [5, 5.41) is 33.5. The van der Waals surface area contributed by atoms with Gasteiger partial charge in [0, 0.05) is 18.3 Å². The Hall–Kier alpha value is -4.29. The standard InChI is InChI=1S/C19H16F3N5O5/c20-19(21,22)9-32-18-26-16(23-8-10-1-4-12(28)5-2-10)25-17(27-18)24-11-3-6-13(15(30)31)14(29)7-11/h1-7,28-29H,8-9H2,(H,30,31)(H2,23,24,25,26,27). The number of phenols is 2. The number of rotatable bonds is 8. The quantitative estimate of drug-likeness (QED) is 0.345. The predicted octanol–water partition coefficient (Wildman–Crippen LogP) is 3.28. The topological polar surface area (TPSA) is 150 Å². The first kappa shape index (κ1) is 22.4.